The molecule has 1 aromatic heterocycles. The molecule has 0 bridgehead atoms. The molecule has 0 spiro atoms. The molecule has 1 unspecified atom stereocenters. The number of hydrogen-bond acceptors (Lipinski definition) is 3. The Kier molecular flexibility index (Phi) is 4.36. The van der Waals surface area contributed by atoms with Gasteiger partial charge < -0.3 is 9.84 Å². The third kappa shape index (κ3) is 3.36. The Morgan fingerprint density at radius 2 is 2.07 bits per heavy atom. The first-order valence-corrected chi connectivity index (χ1v) is 5.35. The third-order valence-electron chi connectivity index (χ3n) is 2.29. The molecule has 1 atom stereocenters. The molecule has 0 aliphatic rings. The second-order valence-electron chi connectivity index (χ2n) is 3.80. The molecule has 0 aliphatic carbocycles. The van der Waals surface area contributed by atoms with E-state index in [9.17, 15) is 0 Å². The molecule has 3 nitrogen and oxygen atoms in total. The molecule has 1 N–H and O–H groups in total. The van der Waals surface area contributed by atoms with Gasteiger partial charge in [0.25, 0.3) is 0 Å². The number of aliphatic hydroxyl groups is 1. The summed E-state index contributed by atoms with van der Waals surface area (Å²) in [6.07, 6.45) is 0.0882. The van der Waals surface area contributed by atoms with Crippen LogP contribution in [0.15, 0.2) is 12.1 Å². The van der Waals surface area contributed by atoms with Gasteiger partial charge in [-0.25, -0.2) is 4.98 Å². The van der Waals surface area contributed by atoms with E-state index in [4.69, 9.17) is 21.4 Å². The van der Waals surface area contributed by atoms with Crippen molar-refractivity contribution in [3.63, 3.8) is 0 Å². The predicted octanol–water partition coefficient (Wildman–Crippen LogP) is 2.65. The summed E-state index contributed by atoms with van der Waals surface area (Å²) >= 11 is 5.82. The van der Waals surface area contributed by atoms with Crippen LogP contribution in [0.25, 0.3) is 0 Å². The van der Waals surface area contributed by atoms with Crippen LogP contribution in [0.5, 0.6) is 5.88 Å². The van der Waals surface area contributed by atoms with Gasteiger partial charge in [0.15, 0.2) is 0 Å². The number of pyridine rings is 1. The van der Waals surface area contributed by atoms with Crippen molar-refractivity contribution in [3.05, 3.63) is 22.8 Å². The van der Waals surface area contributed by atoms with E-state index in [-0.39, 0.29) is 12.7 Å². The lowest BCUT2D eigenvalue weighted by molar-refractivity contribution is 0.162. The molecule has 84 valence electrons. The Bertz CT molecular complexity index is 328. The van der Waals surface area contributed by atoms with Crippen molar-refractivity contribution in [1.82, 2.24) is 4.98 Å². The van der Waals surface area contributed by atoms with Crippen LogP contribution in [0.2, 0.25) is 5.02 Å². The molecule has 0 fully saturated rings. The van der Waals surface area contributed by atoms with E-state index < -0.39 is 0 Å². The summed E-state index contributed by atoms with van der Waals surface area (Å²) in [5.74, 6) is 0.921. The van der Waals surface area contributed by atoms with Crippen LogP contribution in [0, 0.1) is 5.92 Å². The first kappa shape index (κ1) is 12.3. The van der Waals surface area contributed by atoms with Gasteiger partial charge >= 0.3 is 0 Å². The standard InChI is InChI=1S/C11H16ClNO2/c1-7(2)8(3)15-11-5-4-9(12)10(6-14)13-11/h4-5,7-8,14H,6H2,1-3H3. The summed E-state index contributed by atoms with van der Waals surface area (Å²) in [4.78, 5) is 4.11. The van der Waals surface area contributed by atoms with E-state index in [0.717, 1.165) is 0 Å². The summed E-state index contributed by atoms with van der Waals surface area (Å²) < 4.78 is 5.59. The highest BCUT2D eigenvalue weighted by molar-refractivity contribution is 6.31. The minimum atomic E-state index is -0.175. The lowest BCUT2D eigenvalue weighted by atomic mass is 10.1. The molecule has 0 aliphatic heterocycles. The van der Waals surface area contributed by atoms with Crippen LogP contribution in [0.4, 0.5) is 0 Å². The quantitative estimate of drug-likeness (QED) is 0.863. The monoisotopic (exact) mass is 229 g/mol. The Hall–Kier alpha value is -0.800. The van der Waals surface area contributed by atoms with E-state index in [1.165, 1.54) is 0 Å². The summed E-state index contributed by atoms with van der Waals surface area (Å²) in [7, 11) is 0. The van der Waals surface area contributed by atoms with Gasteiger partial charge in [-0.15, -0.1) is 0 Å². The first-order valence-electron chi connectivity index (χ1n) is 4.97. The Morgan fingerprint density at radius 3 is 2.60 bits per heavy atom. The van der Waals surface area contributed by atoms with Gasteiger partial charge in [-0.2, -0.15) is 0 Å². The van der Waals surface area contributed by atoms with Crippen molar-refractivity contribution in [2.75, 3.05) is 0 Å². The topological polar surface area (TPSA) is 42.4 Å². The molecular formula is C11H16ClNO2. The predicted molar refractivity (Wildman–Crippen MR) is 60.1 cm³/mol. The lowest BCUT2D eigenvalue weighted by Crippen LogP contribution is -2.19. The Balaban J connectivity index is 2.78. The molecule has 0 saturated carbocycles. The van der Waals surface area contributed by atoms with Gasteiger partial charge in [0.2, 0.25) is 5.88 Å². The molecule has 15 heavy (non-hydrogen) atoms. The van der Waals surface area contributed by atoms with E-state index in [2.05, 4.69) is 18.8 Å². The van der Waals surface area contributed by atoms with Crippen molar-refractivity contribution in [2.24, 2.45) is 5.92 Å². The normalized spacial score (nSPS) is 12.9. The molecule has 0 saturated heterocycles. The fraction of sp³-hybridized carbons (Fsp3) is 0.545. The number of rotatable bonds is 4. The molecule has 1 rings (SSSR count). The van der Waals surface area contributed by atoms with Crippen LogP contribution in [-0.2, 0) is 6.61 Å². The van der Waals surface area contributed by atoms with Crippen molar-refractivity contribution in [2.45, 2.75) is 33.5 Å². The van der Waals surface area contributed by atoms with Crippen molar-refractivity contribution in [3.8, 4) is 5.88 Å². The van der Waals surface area contributed by atoms with Crippen LogP contribution in [0.3, 0.4) is 0 Å². The van der Waals surface area contributed by atoms with Gasteiger partial charge in [-0.3, -0.25) is 0 Å². The molecule has 1 aromatic rings. The maximum atomic E-state index is 8.98. The average molecular weight is 230 g/mol. The minimum Gasteiger partial charge on any atom is -0.474 e. The summed E-state index contributed by atoms with van der Waals surface area (Å²) in [5, 5.41) is 9.44. The zero-order chi connectivity index (χ0) is 11.4. The van der Waals surface area contributed by atoms with Gasteiger partial charge in [-0.05, 0) is 18.9 Å². The largest absolute Gasteiger partial charge is 0.474 e. The Labute approximate surface area is 95.1 Å². The second kappa shape index (κ2) is 5.33. The third-order valence-corrected chi connectivity index (χ3v) is 2.63. The molecular weight excluding hydrogens is 214 g/mol. The van der Waals surface area contributed by atoms with Crippen molar-refractivity contribution in [1.29, 1.82) is 0 Å². The number of aliphatic hydroxyl groups excluding tert-OH is 1. The summed E-state index contributed by atoms with van der Waals surface area (Å²) in [5.41, 5.74) is 0.449. The fourth-order valence-corrected chi connectivity index (χ4v) is 1.13. The zero-order valence-electron chi connectivity index (χ0n) is 9.20. The SMILES string of the molecule is CC(C)C(C)Oc1ccc(Cl)c(CO)n1. The number of nitrogens with zero attached hydrogens (tertiary/aromatic N) is 1. The molecule has 0 amide bonds. The van der Waals surface area contributed by atoms with E-state index in [0.29, 0.717) is 22.5 Å². The van der Waals surface area contributed by atoms with Gasteiger partial charge in [0.1, 0.15) is 0 Å². The zero-order valence-corrected chi connectivity index (χ0v) is 9.95. The minimum absolute atomic E-state index is 0.0882. The summed E-state index contributed by atoms with van der Waals surface area (Å²) in [6, 6.07) is 3.39. The van der Waals surface area contributed by atoms with E-state index in [1.54, 1.807) is 12.1 Å². The lowest BCUT2D eigenvalue weighted by Gasteiger charge is -2.17. The Morgan fingerprint density at radius 1 is 1.40 bits per heavy atom. The van der Waals surface area contributed by atoms with Crippen molar-refractivity contribution >= 4 is 11.6 Å². The second-order valence-corrected chi connectivity index (χ2v) is 4.21. The first-order chi connectivity index (χ1) is 7.04. The average Bonchev–Trinajstić information content (AvgIpc) is 2.20. The van der Waals surface area contributed by atoms with Gasteiger partial charge in [-0.1, -0.05) is 25.4 Å². The highest BCUT2D eigenvalue weighted by Gasteiger charge is 2.10. The fourth-order valence-electron chi connectivity index (χ4n) is 0.967. The highest BCUT2D eigenvalue weighted by atomic mass is 35.5. The van der Waals surface area contributed by atoms with Crippen LogP contribution < -0.4 is 4.74 Å². The number of hydrogen-bond donors (Lipinski definition) is 1. The molecule has 4 heteroatoms. The van der Waals surface area contributed by atoms with Crippen LogP contribution in [-0.4, -0.2) is 16.2 Å². The van der Waals surface area contributed by atoms with E-state index >= 15 is 0 Å². The smallest absolute Gasteiger partial charge is 0.213 e. The number of aromatic nitrogens is 1. The van der Waals surface area contributed by atoms with Gasteiger partial charge in [0, 0.05) is 6.07 Å². The molecule has 1 heterocycles. The van der Waals surface area contributed by atoms with Crippen LogP contribution >= 0.6 is 11.6 Å². The number of halogens is 1. The maximum absolute atomic E-state index is 8.98. The summed E-state index contributed by atoms with van der Waals surface area (Å²) in [6.45, 7) is 5.97. The van der Waals surface area contributed by atoms with Gasteiger partial charge in [0.05, 0.1) is 23.4 Å². The number of ether oxygens (including phenoxy) is 1. The van der Waals surface area contributed by atoms with Crippen LogP contribution in [0.1, 0.15) is 26.5 Å². The molecule has 0 radical (unpaired) electrons. The maximum Gasteiger partial charge on any atom is 0.213 e. The van der Waals surface area contributed by atoms with E-state index in [1.807, 2.05) is 6.92 Å². The molecule has 0 aromatic carbocycles. The highest BCUT2D eigenvalue weighted by Crippen LogP contribution is 2.19. The van der Waals surface area contributed by atoms with Crippen molar-refractivity contribution < 1.29 is 9.84 Å².